The molecule has 0 saturated heterocycles. The van der Waals surface area contributed by atoms with Gasteiger partial charge in [0.05, 0.1) is 30.0 Å². The minimum Gasteiger partial charge on any atom is -0.497 e. The maximum absolute atomic E-state index is 5.35. The van der Waals surface area contributed by atoms with Gasteiger partial charge in [0.25, 0.3) is 0 Å². The van der Waals surface area contributed by atoms with Gasteiger partial charge in [-0.15, -0.1) is 0 Å². The lowest BCUT2D eigenvalue weighted by atomic mass is 10.3. The van der Waals surface area contributed by atoms with Gasteiger partial charge in [0.1, 0.15) is 5.75 Å². The predicted octanol–water partition coefficient (Wildman–Crippen LogP) is 2.43. The van der Waals surface area contributed by atoms with Crippen molar-refractivity contribution >= 4 is 23.3 Å². The van der Waals surface area contributed by atoms with Crippen molar-refractivity contribution in [2.75, 3.05) is 7.11 Å². The third-order valence-electron chi connectivity index (χ3n) is 2.84. The number of rotatable bonds is 2. The molecule has 0 aliphatic heterocycles. The van der Waals surface area contributed by atoms with Gasteiger partial charge >= 0.3 is 0 Å². The normalized spacial score (nSPS) is 11.0. The molecular formula is C12H12N4OS. The molecule has 5 nitrogen and oxygen atoms in total. The molecule has 0 radical (unpaired) electrons. The van der Waals surface area contributed by atoms with Crippen LogP contribution in [-0.4, -0.2) is 26.4 Å². The van der Waals surface area contributed by atoms with Crippen LogP contribution in [0.3, 0.4) is 0 Å². The molecule has 2 heterocycles. The molecule has 0 aliphatic carbocycles. The monoisotopic (exact) mass is 260 g/mol. The van der Waals surface area contributed by atoms with Crippen LogP contribution in [0.5, 0.6) is 5.75 Å². The van der Waals surface area contributed by atoms with Crippen LogP contribution in [0.15, 0.2) is 30.6 Å². The molecule has 2 aromatic heterocycles. The number of nitrogens with zero attached hydrogens (tertiary/aromatic N) is 3. The van der Waals surface area contributed by atoms with Crippen LogP contribution in [0, 0.1) is 4.77 Å². The summed E-state index contributed by atoms with van der Waals surface area (Å²) in [6.07, 6.45) is 3.71. The van der Waals surface area contributed by atoms with E-state index < -0.39 is 0 Å². The van der Waals surface area contributed by atoms with E-state index in [-0.39, 0.29) is 0 Å². The fourth-order valence-corrected chi connectivity index (χ4v) is 2.31. The van der Waals surface area contributed by atoms with Gasteiger partial charge in [-0.2, -0.15) is 5.10 Å². The number of ether oxygens (including phenoxy) is 1. The first-order valence-electron chi connectivity index (χ1n) is 5.47. The molecule has 18 heavy (non-hydrogen) atoms. The molecule has 1 N–H and O–H groups in total. The lowest BCUT2D eigenvalue weighted by molar-refractivity contribution is 0.415. The molecule has 6 heteroatoms. The molecule has 0 atom stereocenters. The molecule has 0 amide bonds. The standard InChI is InChI=1S/C12H12N4OS/c1-15-7-8(6-13-15)16-11-4-3-9(17-2)5-10(11)14-12(16)18/h3-7H,1-2H3,(H,14,18). The summed E-state index contributed by atoms with van der Waals surface area (Å²) >= 11 is 5.35. The minimum atomic E-state index is 0.645. The zero-order chi connectivity index (χ0) is 12.7. The number of H-pyrrole nitrogens is 1. The average molecular weight is 260 g/mol. The SMILES string of the molecule is COc1ccc2c(c1)[nH]c(=S)n2-c1cnn(C)c1. The lowest BCUT2D eigenvalue weighted by Crippen LogP contribution is -1.92. The second kappa shape index (κ2) is 3.99. The Morgan fingerprint density at radius 1 is 1.39 bits per heavy atom. The number of hydrogen-bond donors (Lipinski definition) is 1. The van der Waals surface area contributed by atoms with Crippen molar-refractivity contribution in [3.05, 3.63) is 35.4 Å². The molecule has 92 valence electrons. The van der Waals surface area contributed by atoms with E-state index >= 15 is 0 Å². The Balaban J connectivity index is 2.29. The first-order chi connectivity index (χ1) is 8.69. The van der Waals surface area contributed by atoms with Crippen molar-refractivity contribution in [1.82, 2.24) is 19.3 Å². The molecule has 3 rings (SSSR count). The van der Waals surface area contributed by atoms with Crippen molar-refractivity contribution in [2.45, 2.75) is 0 Å². The maximum atomic E-state index is 5.35. The second-order valence-electron chi connectivity index (χ2n) is 4.02. The van der Waals surface area contributed by atoms with Gasteiger partial charge in [-0.1, -0.05) is 0 Å². The molecule has 0 aliphatic rings. The number of benzene rings is 1. The Labute approximate surface area is 109 Å². The highest BCUT2D eigenvalue weighted by atomic mass is 32.1. The topological polar surface area (TPSA) is 47.8 Å². The third kappa shape index (κ3) is 1.62. The molecule has 0 unspecified atom stereocenters. The van der Waals surface area contributed by atoms with E-state index in [1.807, 2.05) is 36.0 Å². The second-order valence-corrected chi connectivity index (χ2v) is 4.41. The van der Waals surface area contributed by atoms with E-state index in [0.29, 0.717) is 4.77 Å². The van der Waals surface area contributed by atoms with Gasteiger partial charge in [0, 0.05) is 19.3 Å². The smallest absolute Gasteiger partial charge is 0.182 e. The van der Waals surface area contributed by atoms with E-state index in [2.05, 4.69) is 10.1 Å². The van der Waals surface area contributed by atoms with Crippen molar-refractivity contribution in [3.63, 3.8) is 0 Å². The number of imidazole rings is 1. The van der Waals surface area contributed by atoms with Crippen LogP contribution in [0.4, 0.5) is 0 Å². The zero-order valence-electron chi connectivity index (χ0n) is 10.0. The van der Waals surface area contributed by atoms with Crippen LogP contribution in [-0.2, 0) is 7.05 Å². The average Bonchev–Trinajstić information content (AvgIpc) is 2.90. The number of aromatic nitrogens is 4. The quantitative estimate of drug-likeness (QED) is 0.720. The number of aromatic amines is 1. The lowest BCUT2D eigenvalue weighted by Gasteiger charge is -2.01. The fourth-order valence-electron chi connectivity index (χ4n) is 2.00. The van der Waals surface area contributed by atoms with Gasteiger partial charge in [-0.25, -0.2) is 0 Å². The molecule has 3 aromatic rings. The fraction of sp³-hybridized carbons (Fsp3) is 0.167. The maximum Gasteiger partial charge on any atom is 0.182 e. The van der Waals surface area contributed by atoms with Crippen molar-refractivity contribution in [2.24, 2.45) is 7.05 Å². The first kappa shape index (κ1) is 11.0. The number of methoxy groups -OCH3 is 1. The highest BCUT2D eigenvalue weighted by molar-refractivity contribution is 7.71. The summed E-state index contributed by atoms with van der Waals surface area (Å²) in [6, 6.07) is 5.82. The van der Waals surface area contributed by atoms with E-state index in [4.69, 9.17) is 17.0 Å². The Hall–Kier alpha value is -2.08. The third-order valence-corrected chi connectivity index (χ3v) is 3.12. The molecule has 1 aromatic carbocycles. The van der Waals surface area contributed by atoms with Crippen LogP contribution in [0.1, 0.15) is 0 Å². The van der Waals surface area contributed by atoms with Gasteiger partial charge in [0.15, 0.2) is 4.77 Å². The van der Waals surface area contributed by atoms with E-state index in [0.717, 1.165) is 22.5 Å². The number of hydrogen-bond acceptors (Lipinski definition) is 3. The van der Waals surface area contributed by atoms with Gasteiger partial charge < -0.3 is 9.72 Å². The molecular weight excluding hydrogens is 248 g/mol. The summed E-state index contributed by atoms with van der Waals surface area (Å²) in [5, 5.41) is 4.17. The summed E-state index contributed by atoms with van der Waals surface area (Å²) in [5.41, 5.74) is 2.90. The summed E-state index contributed by atoms with van der Waals surface area (Å²) in [4.78, 5) is 3.17. The van der Waals surface area contributed by atoms with Crippen LogP contribution in [0.2, 0.25) is 0 Å². The Kier molecular flexibility index (Phi) is 2.45. The largest absolute Gasteiger partial charge is 0.497 e. The number of nitrogens with one attached hydrogen (secondary N) is 1. The van der Waals surface area contributed by atoms with Crippen molar-refractivity contribution in [3.8, 4) is 11.4 Å². The number of aryl methyl sites for hydroxylation is 1. The molecule has 0 spiro atoms. The van der Waals surface area contributed by atoms with Gasteiger partial charge in [-0.3, -0.25) is 9.25 Å². The van der Waals surface area contributed by atoms with Crippen LogP contribution in [0.25, 0.3) is 16.7 Å². The van der Waals surface area contributed by atoms with Crippen LogP contribution >= 0.6 is 12.2 Å². The summed E-state index contributed by atoms with van der Waals surface area (Å²) in [7, 11) is 3.53. The molecule has 0 fully saturated rings. The summed E-state index contributed by atoms with van der Waals surface area (Å²) < 4.78 is 9.55. The van der Waals surface area contributed by atoms with E-state index in [1.165, 1.54) is 0 Å². The van der Waals surface area contributed by atoms with Crippen LogP contribution < -0.4 is 4.74 Å². The Bertz CT molecular complexity index is 768. The molecule has 0 saturated carbocycles. The van der Waals surface area contributed by atoms with Gasteiger partial charge in [0.2, 0.25) is 0 Å². The summed E-state index contributed by atoms with van der Waals surface area (Å²) in [5.74, 6) is 0.803. The van der Waals surface area contributed by atoms with Crippen molar-refractivity contribution in [1.29, 1.82) is 0 Å². The zero-order valence-corrected chi connectivity index (χ0v) is 10.9. The molecule has 0 bridgehead atoms. The van der Waals surface area contributed by atoms with Gasteiger partial charge in [-0.05, 0) is 24.4 Å². The minimum absolute atomic E-state index is 0.645. The Morgan fingerprint density at radius 2 is 2.22 bits per heavy atom. The summed E-state index contributed by atoms with van der Waals surface area (Å²) in [6.45, 7) is 0. The highest BCUT2D eigenvalue weighted by Crippen LogP contribution is 2.23. The van der Waals surface area contributed by atoms with Crippen molar-refractivity contribution < 1.29 is 4.74 Å². The van der Waals surface area contributed by atoms with E-state index in [1.54, 1.807) is 18.0 Å². The number of fused-ring (bicyclic) bond motifs is 1. The first-order valence-corrected chi connectivity index (χ1v) is 5.87. The Morgan fingerprint density at radius 3 is 2.89 bits per heavy atom. The van der Waals surface area contributed by atoms with E-state index in [9.17, 15) is 0 Å². The highest BCUT2D eigenvalue weighted by Gasteiger charge is 2.08. The predicted molar refractivity (Wildman–Crippen MR) is 71.8 cm³/mol.